The smallest absolute Gasteiger partial charge is 0.199 e. The molecule has 92 valence electrons. The second kappa shape index (κ2) is 4.68. The van der Waals surface area contributed by atoms with Crippen molar-refractivity contribution in [2.24, 2.45) is 0 Å². The van der Waals surface area contributed by atoms with Crippen molar-refractivity contribution in [1.82, 2.24) is 19.9 Å². The second-order valence-corrected chi connectivity index (χ2v) is 4.60. The molecule has 0 bridgehead atoms. The second-order valence-electron chi connectivity index (χ2n) is 4.60. The van der Waals surface area contributed by atoms with Crippen LogP contribution in [0, 0.1) is 0 Å². The van der Waals surface area contributed by atoms with Crippen molar-refractivity contribution in [3.05, 3.63) is 30.2 Å². The number of anilines is 1. The Hall–Kier alpha value is -2.04. The van der Waals surface area contributed by atoms with Crippen LogP contribution in [0.2, 0.25) is 0 Å². The molecule has 2 N–H and O–H groups in total. The van der Waals surface area contributed by atoms with Crippen molar-refractivity contribution in [2.75, 3.05) is 5.73 Å². The average molecular weight is 241 g/mol. The summed E-state index contributed by atoms with van der Waals surface area (Å²) in [5, 5.41) is 0. The fraction of sp³-hybridized carbons (Fsp3) is 0.385. The third-order valence-corrected chi connectivity index (χ3v) is 3.30. The molecule has 0 atom stereocenters. The highest BCUT2D eigenvalue weighted by Crippen LogP contribution is 2.33. The molecule has 0 radical (unpaired) electrons. The van der Waals surface area contributed by atoms with E-state index in [2.05, 4.69) is 19.9 Å². The maximum absolute atomic E-state index is 5.86. The van der Waals surface area contributed by atoms with E-state index in [-0.39, 0.29) is 0 Å². The van der Waals surface area contributed by atoms with Gasteiger partial charge in [-0.15, -0.1) is 0 Å². The molecule has 0 unspecified atom stereocenters. The van der Waals surface area contributed by atoms with Gasteiger partial charge in [-0.2, -0.15) is 0 Å². The van der Waals surface area contributed by atoms with Gasteiger partial charge in [0, 0.05) is 30.1 Å². The first-order chi connectivity index (χ1) is 8.83. The molecule has 2 aromatic rings. The molecule has 2 aromatic heterocycles. The van der Waals surface area contributed by atoms with Crippen LogP contribution in [0.25, 0.3) is 11.6 Å². The Bertz CT molecular complexity index is 534. The minimum Gasteiger partial charge on any atom is -0.384 e. The van der Waals surface area contributed by atoms with Crippen molar-refractivity contribution in [1.29, 1.82) is 0 Å². The summed E-state index contributed by atoms with van der Waals surface area (Å²) in [7, 11) is 0. The number of nitrogens with two attached hydrogens (primary N) is 1. The Morgan fingerprint density at radius 3 is 2.44 bits per heavy atom. The van der Waals surface area contributed by atoms with E-state index in [1.165, 1.54) is 25.7 Å². The van der Waals surface area contributed by atoms with Crippen LogP contribution in [0.3, 0.4) is 0 Å². The molecule has 2 heterocycles. The van der Waals surface area contributed by atoms with Crippen LogP contribution in [0.1, 0.15) is 37.3 Å². The van der Waals surface area contributed by atoms with Gasteiger partial charge in [0.15, 0.2) is 11.6 Å². The highest BCUT2D eigenvalue weighted by atomic mass is 15.0. The molecular formula is C13H15N5. The summed E-state index contributed by atoms with van der Waals surface area (Å²) < 4.78 is 0. The first-order valence-electron chi connectivity index (χ1n) is 6.25. The molecular weight excluding hydrogens is 226 g/mol. The van der Waals surface area contributed by atoms with Crippen LogP contribution in [0.4, 0.5) is 5.82 Å². The zero-order valence-corrected chi connectivity index (χ0v) is 10.1. The molecule has 0 aromatic carbocycles. The highest BCUT2D eigenvalue weighted by molar-refractivity contribution is 5.47. The maximum Gasteiger partial charge on any atom is 0.199 e. The molecule has 1 fully saturated rings. The lowest BCUT2D eigenvalue weighted by molar-refractivity contribution is 0.695. The topological polar surface area (TPSA) is 77.6 Å². The Morgan fingerprint density at radius 1 is 1.00 bits per heavy atom. The predicted molar refractivity (Wildman–Crippen MR) is 68.7 cm³/mol. The molecule has 18 heavy (non-hydrogen) atoms. The SMILES string of the molecule is Nc1cc(C2CCCC2)nc(-c2ncccn2)n1. The third-order valence-electron chi connectivity index (χ3n) is 3.30. The predicted octanol–water partition coefficient (Wildman–Crippen LogP) is 2.17. The van der Waals surface area contributed by atoms with Crippen LogP contribution < -0.4 is 5.73 Å². The fourth-order valence-electron chi connectivity index (χ4n) is 2.43. The van der Waals surface area contributed by atoms with Gasteiger partial charge in [0.05, 0.1) is 0 Å². The van der Waals surface area contributed by atoms with E-state index in [0.717, 1.165) is 5.69 Å². The molecule has 0 saturated heterocycles. The monoisotopic (exact) mass is 241 g/mol. The van der Waals surface area contributed by atoms with E-state index < -0.39 is 0 Å². The minimum atomic E-state index is 0.495. The number of hydrogen-bond donors (Lipinski definition) is 1. The van der Waals surface area contributed by atoms with Gasteiger partial charge in [-0.05, 0) is 18.9 Å². The van der Waals surface area contributed by atoms with E-state index in [9.17, 15) is 0 Å². The lowest BCUT2D eigenvalue weighted by Crippen LogP contribution is -2.04. The summed E-state index contributed by atoms with van der Waals surface area (Å²) in [6, 6.07) is 3.65. The van der Waals surface area contributed by atoms with Crippen molar-refractivity contribution >= 4 is 5.82 Å². The molecule has 3 rings (SSSR count). The molecule has 0 aliphatic heterocycles. The molecule has 0 amide bonds. The summed E-state index contributed by atoms with van der Waals surface area (Å²) in [4.78, 5) is 17.1. The van der Waals surface area contributed by atoms with Crippen molar-refractivity contribution in [3.63, 3.8) is 0 Å². The van der Waals surface area contributed by atoms with E-state index in [0.29, 0.717) is 23.4 Å². The molecule has 0 spiro atoms. The molecule has 1 aliphatic rings. The van der Waals surface area contributed by atoms with Gasteiger partial charge < -0.3 is 5.73 Å². The van der Waals surface area contributed by atoms with Gasteiger partial charge in [0.25, 0.3) is 0 Å². The summed E-state index contributed by atoms with van der Waals surface area (Å²) in [6.07, 6.45) is 8.28. The van der Waals surface area contributed by atoms with Crippen LogP contribution in [-0.4, -0.2) is 19.9 Å². The Morgan fingerprint density at radius 2 is 1.72 bits per heavy atom. The van der Waals surface area contributed by atoms with Crippen LogP contribution in [0.15, 0.2) is 24.5 Å². The van der Waals surface area contributed by atoms with E-state index in [4.69, 9.17) is 5.73 Å². The fourth-order valence-corrected chi connectivity index (χ4v) is 2.43. The van der Waals surface area contributed by atoms with Crippen LogP contribution in [-0.2, 0) is 0 Å². The normalized spacial score (nSPS) is 16.0. The lowest BCUT2D eigenvalue weighted by atomic mass is 10.0. The number of nitrogens with zero attached hydrogens (tertiary/aromatic N) is 4. The van der Waals surface area contributed by atoms with Gasteiger partial charge in [0.1, 0.15) is 5.82 Å². The summed E-state index contributed by atoms with van der Waals surface area (Å²) >= 11 is 0. The number of aromatic nitrogens is 4. The number of rotatable bonds is 2. The minimum absolute atomic E-state index is 0.495. The van der Waals surface area contributed by atoms with Gasteiger partial charge >= 0.3 is 0 Å². The van der Waals surface area contributed by atoms with E-state index in [1.807, 2.05) is 6.07 Å². The Kier molecular flexibility index (Phi) is 2.88. The zero-order chi connectivity index (χ0) is 12.4. The average Bonchev–Trinajstić information content (AvgIpc) is 2.93. The third kappa shape index (κ3) is 2.16. The van der Waals surface area contributed by atoms with E-state index >= 15 is 0 Å². The van der Waals surface area contributed by atoms with Crippen LogP contribution in [0.5, 0.6) is 0 Å². The first-order valence-corrected chi connectivity index (χ1v) is 6.25. The lowest BCUT2D eigenvalue weighted by Gasteiger charge is -2.10. The Labute approximate surface area is 106 Å². The summed E-state index contributed by atoms with van der Waals surface area (Å²) in [6.45, 7) is 0. The molecule has 1 aliphatic carbocycles. The molecule has 1 saturated carbocycles. The maximum atomic E-state index is 5.86. The number of nitrogen functional groups attached to an aromatic ring is 1. The van der Waals surface area contributed by atoms with Gasteiger partial charge in [-0.3, -0.25) is 0 Å². The van der Waals surface area contributed by atoms with E-state index in [1.54, 1.807) is 18.5 Å². The van der Waals surface area contributed by atoms with Crippen LogP contribution >= 0.6 is 0 Å². The van der Waals surface area contributed by atoms with Gasteiger partial charge in [-0.25, -0.2) is 19.9 Å². The number of hydrogen-bond acceptors (Lipinski definition) is 5. The highest BCUT2D eigenvalue weighted by Gasteiger charge is 2.20. The first kappa shape index (κ1) is 11.1. The summed E-state index contributed by atoms with van der Waals surface area (Å²) in [5.41, 5.74) is 6.89. The zero-order valence-electron chi connectivity index (χ0n) is 10.1. The summed E-state index contributed by atoms with van der Waals surface area (Å²) in [5.74, 6) is 2.06. The molecule has 5 nitrogen and oxygen atoms in total. The van der Waals surface area contributed by atoms with Crippen molar-refractivity contribution in [2.45, 2.75) is 31.6 Å². The quantitative estimate of drug-likeness (QED) is 0.871. The van der Waals surface area contributed by atoms with Gasteiger partial charge in [-0.1, -0.05) is 12.8 Å². The standard InChI is InChI=1S/C13H15N5/c14-11-8-10(9-4-1-2-5-9)17-13(18-11)12-15-6-3-7-16-12/h3,6-9H,1-2,4-5H2,(H2,14,17,18). The van der Waals surface area contributed by atoms with Gasteiger partial charge in [0.2, 0.25) is 0 Å². The van der Waals surface area contributed by atoms with Crippen molar-refractivity contribution < 1.29 is 0 Å². The largest absolute Gasteiger partial charge is 0.384 e. The Balaban J connectivity index is 2.00. The van der Waals surface area contributed by atoms with Crippen molar-refractivity contribution in [3.8, 4) is 11.6 Å². The molecule has 5 heteroatoms.